The lowest BCUT2D eigenvalue weighted by molar-refractivity contribution is 0.0646. The van der Waals surface area contributed by atoms with Gasteiger partial charge in [0.05, 0.1) is 12.4 Å². The number of halogens is 1. The van der Waals surface area contributed by atoms with Crippen molar-refractivity contribution in [3.05, 3.63) is 60.1 Å². The van der Waals surface area contributed by atoms with Gasteiger partial charge in [-0.15, -0.1) is 24.0 Å². The fourth-order valence-corrected chi connectivity index (χ4v) is 2.26. The summed E-state index contributed by atoms with van der Waals surface area (Å²) in [6, 6.07) is 14.1. The highest BCUT2D eigenvalue weighted by atomic mass is 127. The Kier molecular flexibility index (Phi) is 11.0. The predicted molar refractivity (Wildman–Crippen MR) is 112 cm³/mol. The fraction of sp³-hybridized carbons (Fsp3) is 0.421. The van der Waals surface area contributed by atoms with Crippen molar-refractivity contribution in [2.75, 3.05) is 19.7 Å². The van der Waals surface area contributed by atoms with E-state index in [1.807, 2.05) is 30.3 Å². The van der Waals surface area contributed by atoms with E-state index in [1.165, 1.54) is 5.56 Å². The monoisotopic (exact) mass is 457 g/mol. The van der Waals surface area contributed by atoms with Gasteiger partial charge >= 0.3 is 0 Å². The molecule has 5 nitrogen and oxygen atoms in total. The maximum atomic E-state index is 5.87. The molecule has 1 aromatic heterocycles. The second-order valence-electron chi connectivity index (χ2n) is 5.48. The molecular formula is C19H28IN3O2. The van der Waals surface area contributed by atoms with Crippen molar-refractivity contribution in [3.8, 4) is 0 Å². The normalized spacial score (nSPS) is 12.3. The molecule has 0 aliphatic rings. The van der Waals surface area contributed by atoms with Gasteiger partial charge in [0.25, 0.3) is 0 Å². The standard InChI is InChI=1S/C19H27N3O2.HI/c1-3-20-19(22-15-18-11-7-13-24-18)21-12-8-14-23-16(2)17-9-5-4-6-10-17;/h4-7,9-11,13,16H,3,8,12,14-15H2,1-2H3,(H2,20,21,22);1H. The van der Waals surface area contributed by atoms with Crippen molar-refractivity contribution in [1.82, 2.24) is 10.6 Å². The number of furan rings is 1. The summed E-state index contributed by atoms with van der Waals surface area (Å²) < 4.78 is 11.2. The van der Waals surface area contributed by atoms with E-state index in [9.17, 15) is 0 Å². The quantitative estimate of drug-likeness (QED) is 0.258. The van der Waals surface area contributed by atoms with Crippen LogP contribution in [0.1, 0.15) is 37.7 Å². The van der Waals surface area contributed by atoms with Crippen LogP contribution in [-0.4, -0.2) is 25.7 Å². The van der Waals surface area contributed by atoms with Gasteiger partial charge in [0.2, 0.25) is 0 Å². The molecule has 0 aliphatic heterocycles. The molecular weight excluding hydrogens is 429 g/mol. The highest BCUT2D eigenvalue weighted by molar-refractivity contribution is 14.0. The summed E-state index contributed by atoms with van der Waals surface area (Å²) in [7, 11) is 0. The Labute approximate surface area is 167 Å². The second kappa shape index (κ2) is 12.8. The van der Waals surface area contributed by atoms with Crippen molar-refractivity contribution in [2.24, 2.45) is 4.99 Å². The molecule has 2 rings (SSSR count). The minimum atomic E-state index is 0. The van der Waals surface area contributed by atoms with Gasteiger partial charge in [0.1, 0.15) is 12.3 Å². The summed E-state index contributed by atoms with van der Waals surface area (Å²) in [5, 5.41) is 6.54. The van der Waals surface area contributed by atoms with Gasteiger partial charge < -0.3 is 19.8 Å². The number of aliphatic imine (C=N–C) groups is 1. The van der Waals surface area contributed by atoms with Crippen LogP contribution in [0.3, 0.4) is 0 Å². The molecule has 2 aromatic rings. The van der Waals surface area contributed by atoms with Crippen LogP contribution in [0.5, 0.6) is 0 Å². The Morgan fingerprint density at radius 1 is 1.16 bits per heavy atom. The molecule has 25 heavy (non-hydrogen) atoms. The first-order valence-electron chi connectivity index (χ1n) is 8.50. The Morgan fingerprint density at radius 3 is 2.64 bits per heavy atom. The number of hydrogen-bond donors (Lipinski definition) is 2. The summed E-state index contributed by atoms with van der Waals surface area (Å²) in [6.07, 6.45) is 2.70. The zero-order valence-electron chi connectivity index (χ0n) is 14.9. The number of hydrogen-bond acceptors (Lipinski definition) is 3. The highest BCUT2D eigenvalue weighted by Gasteiger charge is 2.04. The van der Waals surface area contributed by atoms with Crippen LogP contribution in [0.4, 0.5) is 0 Å². The van der Waals surface area contributed by atoms with Crippen molar-refractivity contribution in [3.63, 3.8) is 0 Å². The molecule has 0 aliphatic carbocycles. The molecule has 1 unspecified atom stereocenters. The fourth-order valence-electron chi connectivity index (χ4n) is 2.26. The predicted octanol–water partition coefficient (Wildman–Crippen LogP) is 4.12. The first-order chi connectivity index (χ1) is 11.8. The van der Waals surface area contributed by atoms with Crippen molar-refractivity contribution in [1.29, 1.82) is 0 Å². The lowest BCUT2D eigenvalue weighted by Crippen LogP contribution is -2.38. The lowest BCUT2D eigenvalue weighted by atomic mass is 10.1. The van der Waals surface area contributed by atoms with Crippen LogP contribution in [0.2, 0.25) is 0 Å². The third-order valence-electron chi connectivity index (χ3n) is 3.57. The molecule has 0 fully saturated rings. The molecule has 0 saturated heterocycles. The molecule has 2 N–H and O–H groups in total. The average molecular weight is 457 g/mol. The first-order valence-corrected chi connectivity index (χ1v) is 8.50. The minimum absolute atomic E-state index is 0. The van der Waals surface area contributed by atoms with E-state index >= 15 is 0 Å². The van der Waals surface area contributed by atoms with E-state index < -0.39 is 0 Å². The third-order valence-corrected chi connectivity index (χ3v) is 3.57. The van der Waals surface area contributed by atoms with Gasteiger partial charge in [0, 0.05) is 19.7 Å². The van der Waals surface area contributed by atoms with Crippen LogP contribution in [0.15, 0.2) is 58.1 Å². The molecule has 1 atom stereocenters. The van der Waals surface area contributed by atoms with Crippen molar-refractivity contribution >= 4 is 29.9 Å². The number of ether oxygens (including phenoxy) is 1. The topological polar surface area (TPSA) is 58.8 Å². The van der Waals surface area contributed by atoms with Crippen molar-refractivity contribution < 1.29 is 9.15 Å². The molecule has 0 saturated carbocycles. The highest BCUT2D eigenvalue weighted by Crippen LogP contribution is 2.15. The van der Waals surface area contributed by atoms with Crippen LogP contribution < -0.4 is 10.6 Å². The molecule has 0 amide bonds. The van der Waals surface area contributed by atoms with E-state index in [-0.39, 0.29) is 30.1 Å². The summed E-state index contributed by atoms with van der Waals surface area (Å²) in [5.41, 5.74) is 1.21. The Morgan fingerprint density at radius 2 is 1.96 bits per heavy atom. The van der Waals surface area contributed by atoms with E-state index in [1.54, 1.807) is 6.26 Å². The van der Waals surface area contributed by atoms with Gasteiger partial charge in [-0.2, -0.15) is 0 Å². The molecule has 0 bridgehead atoms. The zero-order valence-corrected chi connectivity index (χ0v) is 17.2. The Bertz CT molecular complexity index is 588. The number of nitrogens with zero attached hydrogens (tertiary/aromatic N) is 1. The second-order valence-corrected chi connectivity index (χ2v) is 5.48. The van der Waals surface area contributed by atoms with E-state index in [4.69, 9.17) is 9.15 Å². The van der Waals surface area contributed by atoms with E-state index in [2.05, 4.69) is 41.6 Å². The number of nitrogens with one attached hydrogen (secondary N) is 2. The molecule has 6 heteroatoms. The van der Waals surface area contributed by atoms with E-state index in [0.29, 0.717) is 13.2 Å². The molecule has 0 spiro atoms. The maximum absolute atomic E-state index is 5.87. The third kappa shape index (κ3) is 8.40. The summed E-state index contributed by atoms with van der Waals surface area (Å²) >= 11 is 0. The van der Waals surface area contributed by atoms with Gasteiger partial charge in [0.15, 0.2) is 5.96 Å². The smallest absolute Gasteiger partial charge is 0.191 e. The van der Waals surface area contributed by atoms with Crippen LogP contribution >= 0.6 is 24.0 Å². The molecule has 138 valence electrons. The zero-order chi connectivity index (χ0) is 17.0. The maximum Gasteiger partial charge on any atom is 0.191 e. The summed E-state index contributed by atoms with van der Waals surface area (Å²) in [4.78, 5) is 4.50. The van der Waals surface area contributed by atoms with Crippen LogP contribution in [-0.2, 0) is 11.3 Å². The van der Waals surface area contributed by atoms with Gasteiger partial charge in [-0.3, -0.25) is 0 Å². The average Bonchev–Trinajstić information content (AvgIpc) is 3.13. The first kappa shape index (κ1) is 21.5. The SMILES string of the molecule is CCNC(=NCc1ccco1)NCCCOC(C)c1ccccc1.I. The Balaban J connectivity index is 0.00000312. The van der Waals surface area contributed by atoms with Gasteiger partial charge in [-0.25, -0.2) is 4.99 Å². The van der Waals surface area contributed by atoms with Crippen molar-refractivity contribution in [2.45, 2.75) is 32.9 Å². The Hall–Kier alpha value is -1.54. The minimum Gasteiger partial charge on any atom is -0.467 e. The largest absolute Gasteiger partial charge is 0.467 e. The van der Waals surface area contributed by atoms with E-state index in [0.717, 1.165) is 31.2 Å². The molecule has 1 aromatic carbocycles. The van der Waals surface area contributed by atoms with Gasteiger partial charge in [-0.05, 0) is 38.0 Å². The number of guanidine groups is 1. The van der Waals surface area contributed by atoms with Crippen LogP contribution in [0, 0.1) is 0 Å². The summed E-state index contributed by atoms with van der Waals surface area (Å²) in [6.45, 7) is 7.01. The number of rotatable bonds is 9. The van der Waals surface area contributed by atoms with Crippen LogP contribution in [0.25, 0.3) is 0 Å². The van der Waals surface area contributed by atoms with Gasteiger partial charge in [-0.1, -0.05) is 30.3 Å². The summed E-state index contributed by atoms with van der Waals surface area (Å²) in [5.74, 6) is 1.65. The molecule has 1 heterocycles. The molecule has 0 radical (unpaired) electrons. The number of benzene rings is 1. The lowest BCUT2D eigenvalue weighted by Gasteiger charge is -2.14.